The van der Waals surface area contributed by atoms with Crippen molar-refractivity contribution in [3.05, 3.63) is 0 Å². The molecule has 1 saturated heterocycles. The highest BCUT2D eigenvalue weighted by Crippen LogP contribution is 2.13. The number of likely N-dealkylation sites (tertiary alicyclic amines) is 1. The number of carbonyl (C=O) groups excluding carboxylic acids is 1. The fraction of sp³-hybridized carbons (Fsp3) is 0.818. The Morgan fingerprint density at radius 1 is 1.44 bits per heavy atom. The Balaban J connectivity index is 2.08. The summed E-state index contributed by atoms with van der Waals surface area (Å²) in [4.78, 5) is 23.9. The molecule has 92 valence electrons. The standard InChI is InChI=1S/C11H20N2O3/c1-13-7-3-4-9(13)8-12-10(14)5-2-6-11(15)16/h9H,2-8H2,1H3,(H,12,14)(H,15,16). The van der Waals surface area contributed by atoms with E-state index in [1.54, 1.807) is 0 Å². The fourth-order valence-electron chi connectivity index (χ4n) is 1.96. The zero-order valence-electron chi connectivity index (χ0n) is 9.74. The van der Waals surface area contributed by atoms with Gasteiger partial charge in [0, 0.05) is 25.4 Å². The van der Waals surface area contributed by atoms with Crippen molar-refractivity contribution in [1.29, 1.82) is 0 Å². The van der Waals surface area contributed by atoms with Gasteiger partial charge in [0.25, 0.3) is 0 Å². The Hall–Kier alpha value is -1.10. The highest BCUT2D eigenvalue weighted by atomic mass is 16.4. The number of carboxylic acids is 1. The van der Waals surface area contributed by atoms with Gasteiger partial charge in [0.2, 0.25) is 5.91 Å². The fourth-order valence-corrected chi connectivity index (χ4v) is 1.96. The van der Waals surface area contributed by atoms with Crippen LogP contribution in [-0.2, 0) is 9.59 Å². The second-order valence-electron chi connectivity index (χ2n) is 4.33. The third kappa shape index (κ3) is 4.61. The number of hydrogen-bond acceptors (Lipinski definition) is 3. The first-order chi connectivity index (χ1) is 7.59. The second kappa shape index (κ2) is 6.48. The third-order valence-electron chi connectivity index (χ3n) is 3.00. The lowest BCUT2D eigenvalue weighted by atomic mass is 10.2. The smallest absolute Gasteiger partial charge is 0.303 e. The molecular formula is C11H20N2O3. The highest BCUT2D eigenvalue weighted by Gasteiger charge is 2.20. The molecule has 0 saturated carbocycles. The lowest BCUT2D eigenvalue weighted by Gasteiger charge is -2.19. The van der Waals surface area contributed by atoms with Gasteiger partial charge in [-0.15, -0.1) is 0 Å². The van der Waals surface area contributed by atoms with Gasteiger partial charge in [-0.1, -0.05) is 0 Å². The van der Waals surface area contributed by atoms with Crippen LogP contribution in [0.2, 0.25) is 0 Å². The molecule has 1 amide bonds. The number of nitrogens with one attached hydrogen (secondary N) is 1. The molecule has 0 bridgehead atoms. The lowest BCUT2D eigenvalue weighted by molar-refractivity contribution is -0.137. The summed E-state index contributed by atoms with van der Waals surface area (Å²) in [6, 6.07) is 0.448. The van der Waals surface area contributed by atoms with Crippen molar-refractivity contribution in [1.82, 2.24) is 10.2 Å². The number of rotatable bonds is 6. The first-order valence-corrected chi connectivity index (χ1v) is 5.78. The van der Waals surface area contributed by atoms with E-state index in [4.69, 9.17) is 5.11 Å². The first-order valence-electron chi connectivity index (χ1n) is 5.78. The van der Waals surface area contributed by atoms with Crippen molar-refractivity contribution in [2.75, 3.05) is 20.1 Å². The zero-order valence-corrected chi connectivity index (χ0v) is 9.74. The molecule has 1 aliphatic heterocycles. The Morgan fingerprint density at radius 3 is 2.75 bits per heavy atom. The largest absolute Gasteiger partial charge is 0.481 e. The molecule has 16 heavy (non-hydrogen) atoms. The molecule has 1 unspecified atom stereocenters. The molecule has 1 atom stereocenters. The van der Waals surface area contributed by atoms with E-state index >= 15 is 0 Å². The molecule has 2 N–H and O–H groups in total. The van der Waals surface area contributed by atoms with Crippen LogP contribution in [-0.4, -0.2) is 48.1 Å². The van der Waals surface area contributed by atoms with Crippen LogP contribution in [0, 0.1) is 0 Å². The number of carboxylic acid groups (broad SMARTS) is 1. The van der Waals surface area contributed by atoms with Crippen molar-refractivity contribution < 1.29 is 14.7 Å². The van der Waals surface area contributed by atoms with Crippen LogP contribution >= 0.6 is 0 Å². The summed E-state index contributed by atoms with van der Waals surface area (Å²) < 4.78 is 0. The molecule has 0 aliphatic carbocycles. The Labute approximate surface area is 95.8 Å². The number of likely N-dealkylation sites (N-methyl/N-ethyl adjacent to an activating group) is 1. The van der Waals surface area contributed by atoms with Crippen molar-refractivity contribution in [3.63, 3.8) is 0 Å². The van der Waals surface area contributed by atoms with Crippen molar-refractivity contribution in [2.45, 2.75) is 38.1 Å². The molecule has 0 radical (unpaired) electrons. The normalized spacial score (nSPS) is 20.9. The van der Waals surface area contributed by atoms with Crippen LogP contribution in [0.15, 0.2) is 0 Å². The summed E-state index contributed by atoms with van der Waals surface area (Å²) in [5.74, 6) is -0.884. The lowest BCUT2D eigenvalue weighted by Crippen LogP contribution is -2.38. The van der Waals surface area contributed by atoms with E-state index in [0.717, 1.165) is 13.0 Å². The van der Waals surface area contributed by atoms with Gasteiger partial charge >= 0.3 is 5.97 Å². The molecular weight excluding hydrogens is 208 g/mol. The summed E-state index contributed by atoms with van der Waals surface area (Å²) >= 11 is 0. The highest BCUT2D eigenvalue weighted by molar-refractivity contribution is 5.76. The molecule has 5 heteroatoms. The summed E-state index contributed by atoms with van der Waals surface area (Å²) in [5, 5.41) is 11.3. The van der Waals surface area contributed by atoms with Crippen molar-refractivity contribution >= 4 is 11.9 Å². The molecule has 0 aromatic rings. The third-order valence-corrected chi connectivity index (χ3v) is 3.00. The number of nitrogens with zero attached hydrogens (tertiary/aromatic N) is 1. The maximum Gasteiger partial charge on any atom is 0.303 e. The molecule has 1 heterocycles. The topological polar surface area (TPSA) is 69.6 Å². The van der Waals surface area contributed by atoms with E-state index in [2.05, 4.69) is 17.3 Å². The van der Waals surface area contributed by atoms with Crippen molar-refractivity contribution in [3.8, 4) is 0 Å². The van der Waals surface area contributed by atoms with Gasteiger partial charge in [0.05, 0.1) is 0 Å². The molecule has 1 rings (SSSR count). The summed E-state index contributed by atoms with van der Waals surface area (Å²) in [5.41, 5.74) is 0. The quantitative estimate of drug-likeness (QED) is 0.692. The van der Waals surface area contributed by atoms with Crippen LogP contribution in [0.5, 0.6) is 0 Å². The minimum absolute atomic E-state index is 0.0402. The molecule has 0 aromatic heterocycles. The molecule has 0 spiro atoms. The number of carbonyl (C=O) groups is 2. The maximum absolute atomic E-state index is 11.4. The van der Waals surface area contributed by atoms with E-state index in [-0.39, 0.29) is 12.3 Å². The van der Waals surface area contributed by atoms with E-state index in [1.807, 2.05) is 0 Å². The first kappa shape index (κ1) is 13.0. The van der Waals surface area contributed by atoms with Gasteiger partial charge in [-0.05, 0) is 32.9 Å². The summed E-state index contributed by atoms with van der Waals surface area (Å²) in [6.07, 6.45) is 3.11. The second-order valence-corrected chi connectivity index (χ2v) is 4.33. The summed E-state index contributed by atoms with van der Waals surface area (Å²) in [6.45, 7) is 1.78. The monoisotopic (exact) mass is 228 g/mol. The van der Waals surface area contributed by atoms with E-state index in [1.165, 1.54) is 6.42 Å². The number of aliphatic carboxylic acids is 1. The van der Waals surface area contributed by atoms with Gasteiger partial charge in [0.1, 0.15) is 0 Å². The van der Waals surface area contributed by atoms with E-state index in [9.17, 15) is 9.59 Å². The van der Waals surface area contributed by atoms with Crippen LogP contribution < -0.4 is 5.32 Å². The van der Waals surface area contributed by atoms with Crippen LogP contribution in [0.25, 0.3) is 0 Å². The molecule has 0 aromatic carbocycles. The molecule has 1 aliphatic rings. The maximum atomic E-state index is 11.4. The van der Waals surface area contributed by atoms with Gasteiger partial charge in [-0.25, -0.2) is 0 Å². The SMILES string of the molecule is CN1CCCC1CNC(=O)CCCC(=O)O. The number of hydrogen-bond donors (Lipinski definition) is 2. The van der Waals surface area contributed by atoms with E-state index in [0.29, 0.717) is 25.4 Å². The van der Waals surface area contributed by atoms with Gasteiger partial charge in [-0.3, -0.25) is 9.59 Å². The average molecular weight is 228 g/mol. The van der Waals surface area contributed by atoms with Gasteiger partial charge < -0.3 is 15.3 Å². The van der Waals surface area contributed by atoms with Crippen LogP contribution in [0.3, 0.4) is 0 Å². The van der Waals surface area contributed by atoms with Crippen molar-refractivity contribution in [2.24, 2.45) is 0 Å². The Bertz CT molecular complexity index is 256. The van der Waals surface area contributed by atoms with Crippen LogP contribution in [0.4, 0.5) is 0 Å². The van der Waals surface area contributed by atoms with Gasteiger partial charge in [0.15, 0.2) is 0 Å². The average Bonchev–Trinajstić information content (AvgIpc) is 2.60. The predicted octanol–water partition coefficient (Wildman–Crippen LogP) is 0.452. The molecule has 1 fully saturated rings. The zero-order chi connectivity index (χ0) is 12.0. The summed E-state index contributed by atoms with van der Waals surface area (Å²) in [7, 11) is 2.06. The van der Waals surface area contributed by atoms with Gasteiger partial charge in [-0.2, -0.15) is 0 Å². The Morgan fingerprint density at radius 2 is 2.19 bits per heavy atom. The minimum Gasteiger partial charge on any atom is -0.481 e. The number of amides is 1. The Kier molecular flexibility index (Phi) is 5.25. The minimum atomic E-state index is -0.844. The van der Waals surface area contributed by atoms with Crippen LogP contribution in [0.1, 0.15) is 32.1 Å². The van der Waals surface area contributed by atoms with E-state index < -0.39 is 5.97 Å². The molecule has 5 nitrogen and oxygen atoms in total. The predicted molar refractivity (Wildman–Crippen MR) is 60.1 cm³/mol.